The van der Waals surface area contributed by atoms with Crippen molar-refractivity contribution in [1.82, 2.24) is 10.2 Å². The monoisotopic (exact) mass is 405 g/mol. The zero-order valence-electron chi connectivity index (χ0n) is 15.5. The minimum Gasteiger partial charge on any atom is -0.340 e. The van der Waals surface area contributed by atoms with E-state index in [4.69, 9.17) is 12.2 Å². The van der Waals surface area contributed by atoms with Crippen LogP contribution in [0, 0.1) is 10.1 Å². The second-order valence-electron chi connectivity index (χ2n) is 6.39. The highest BCUT2D eigenvalue weighted by atomic mass is 32.1. The molecule has 0 aliphatic heterocycles. The molecular formula is C22H19N3O3S. The molecule has 146 valence electrons. The van der Waals surface area contributed by atoms with Gasteiger partial charge in [-0.1, -0.05) is 60.7 Å². The fraction of sp³-hybridized carbons (Fsp3) is 0.0909. The molecule has 29 heavy (non-hydrogen) atoms. The zero-order valence-corrected chi connectivity index (χ0v) is 16.3. The number of nitrogens with one attached hydrogen (secondary N) is 1. The van der Waals surface area contributed by atoms with Crippen LogP contribution < -0.4 is 5.32 Å². The summed E-state index contributed by atoms with van der Waals surface area (Å²) in [5, 5.41) is 13.8. The Labute approximate surface area is 173 Å². The number of carbonyl (C=O) groups excluding carboxylic acids is 1. The lowest BCUT2D eigenvalue weighted by atomic mass is 10.1. The van der Waals surface area contributed by atoms with Crippen molar-refractivity contribution in [3.8, 4) is 0 Å². The maximum absolute atomic E-state index is 12.6. The summed E-state index contributed by atoms with van der Waals surface area (Å²) in [7, 11) is 0. The van der Waals surface area contributed by atoms with E-state index in [-0.39, 0.29) is 5.69 Å². The van der Waals surface area contributed by atoms with Gasteiger partial charge in [-0.2, -0.15) is 0 Å². The summed E-state index contributed by atoms with van der Waals surface area (Å²) in [5.41, 5.74) is 2.36. The summed E-state index contributed by atoms with van der Waals surface area (Å²) in [6.07, 6.45) is 0. The van der Waals surface area contributed by atoms with E-state index in [0.29, 0.717) is 23.8 Å². The van der Waals surface area contributed by atoms with Crippen LogP contribution in [0.15, 0.2) is 84.9 Å². The molecule has 0 fully saturated rings. The Morgan fingerprint density at radius 3 is 1.79 bits per heavy atom. The molecule has 7 heteroatoms. The Balaban J connectivity index is 1.74. The highest BCUT2D eigenvalue weighted by Crippen LogP contribution is 2.13. The van der Waals surface area contributed by atoms with Crippen molar-refractivity contribution in [2.75, 3.05) is 0 Å². The third-order valence-corrected chi connectivity index (χ3v) is 4.64. The third-order valence-electron chi connectivity index (χ3n) is 4.28. The molecule has 0 aromatic heterocycles. The first-order valence-electron chi connectivity index (χ1n) is 8.95. The quantitative estimate of drug-likeness (QED) is 0.376. The molecule has 0 saturated carbocycles. The number of hydrogen-bond donors (Lipinski definition) is 1. The molecular weight excluding hydrogens is 386 g/mol. The van der Waals surface area contributed by atoms with Crippen molar-refractivity contribution in [3.05, 3.63) is 112 Å². The number of hydrogen-bond acceptors (Lipinski definition) is 4. The molecule has 0 heterocycles. The smallest absolute Gasteiger partial charge is 0.269 e. The molecule has 1 N–H and O–H groups in total. The lowest BCUT2D eigenvalue weighted by molar-refractivity contribution is -0.384. The summed E-state index contributed by atoms with van der Waals surface area (Å²) in [4.78, 5) is 24.7. The predicted molar refractivity (Wildman–Crippen MR) is 115 cm³/mol. The van der Waals surface area contributed by atoms with Gasteiger partial charge in [0.2, 0.25) is 0 Å². The topological polar surface area (TPSA) is 75.5 Å². The molecule has 0 unspecified atom stereocenters. The average Bonchev–Trinajstić information content (AvgIpc) is 2.74. The van der Waals surface area contributed by atoms with E-state index >= 15 is 0 Å². The SMILES string of the molecule is O=C(NC(=S)N(Cc1ccccc1)Cc1ccccc1)c1ccc([N+](=O)[O-])cc1. The Kier molecular flexibility index (Phi) is 6.65. The van der Waals surface area contributed by atoms with Gasteiger partial charge in [0, 0.05) is 30.8 Å². The van der Waals surface area contributed by atoms with Crippen LogP contribution in [0.4, 0.5) is 5.69 Å². The molecule has 0 aliphatic rings. The summed E-state index contributed by atoms with van der Waals surface area (Å²) < 4.78 is 0. The molecule has 0 bridgehead atoms. The molecule has 0 saturated heterocycles. The molecule has 6 nitrogen and oxygen atoms in total. The van der Waals surface area contributed by atoms with Crippen LogP contribution in [0.25, 0.3) is 0 Å². The number of nitro benzene ring substituents is 1. The van der Waals surface area contributed by atoms with Crippen LogP contribution in [-0.2, 0) is 13.1 Å². The number of non-ortho nitro benzene ring substituents is 1. The van der Waals surface area contributed by atoms with E-state index in [1.807, 2.05) is 65.6 Å². The first-order valence-corrected chi connectivity index (χ1v) is 9.36. The summed E-state index contributed by atoms with van der Waals surface area (Å²) in [5.74, 6) is -0.406. The predicted octanol–water partition coefficient (Wildman–Crippen LogP) is 4.31. The van der Waals surface area contributed by atoms with Crippen molar-refractivity contribution in [2.24, 2.45) is 0 Å². The van der Waals surface area contributed by atoms with Crippen LogP contribution in [-0.4, -0.2) is 20.8 Å². The fourth-order valence-electron chi connectivity index (χ4n) is 2.79. The molecule has 0 spiro atoms. The number of benzene rings is 3. The molecule has 0 atom stereocenters. The lowest BCUT2D eigenvalue weighted by Crippen LogP contribution is -2.42. The molecule has 0 radical (unpaired) electrons. The van der Waals surface area contributed by atoms with Crippen LogP contribution in [0.5, 0.6) is 0 Å². The Bertz CT molecular complexity index is 951. The van der Waals surface area contributed by atoms with E-state index < -0.39 is 10.8 Å². The minimum absolute atomic E-state index is 0.0705. The molecule has 3 rings (SSSR count). The van der Waals surface area contributed by atoms with Gasteiger partial charge in [0.25, 0.3) is 11.6 Å². The van der Waals surface area contributed by atoms with Crippen molar-refractivity contribution in [2.45, 2.75) is 13.1 Å². The van der Waals surface area contributed by atoms with Gasteiger partial charge in [-0.25, -0.2) is 0 Å². The summed E-state index contributed by atoms with van der Waals surface area (Å²) in [6.45, 7) is 1.07. The maximum Gasteiger partial charge on any atom is 0.269 e. The van der Waals surface area contributed by atoms with Crippen LogP contribution in [0.3, 0.4) is 0 Å². The van der Waals surface area contributed by atoms with Gasteiger partial charge in [0.1, 0.15) is 0 Å². The van der Waals surface area contributed by atoms with Crippen LogP contribution >= 0.6 is 12.2 Å². The zero-order chi connectivity index (χ0) is 20.6. The Morgan fingerprint density at radius 2 is 1.34 bits per heavy atom. The second kappa shape index (κ2) is 9.57. The van der Waals surface area contributed by atoms with Gasteiger partial charge in [0.05, 0.1) is 4.92 Å². The molecule has 3 aromatic rings. The Morgan fingerprint density at radius 1 is 0.862 bits per heavy atom. The molecule has 0 aliphatic carbocycles. The number of rotatable bonds is 6. The number of thiocarbonyl (C=S) groups is 1. The van der Waals surface area contributed by atoms with Gasteiger partial charge in [0.15, 0.2) is 5.11 Å². The molecule has 3 aromatic carbocycles. The first-order chi connectivity index (χ1) is 14.0. The van der Waals surface area contributed by atoms with Crippen molar-refractivity contribution < 1.29 is 9.72 Å². The van der Waals surface area contributed by atoms with Gasteiger partial charge >= 0.3 is 0 Å². The van der Waals surface area contributed by atoms with E-state index in [0.717, 1.165) is 11.1 Å². The number of nitro groups is 1. The average molecular weight is 405 g/mol. The van der Waals surface area contributed by atoms with E-state index in [9.17, 15) is 14.9 Å². The van der Waals surface area contributed by atoms with Gasteiger partial charge in [-0.05, 0) is 35.5 Å². The molecule has 1 amide bonds. The van der Waals surface area contributed by atoms with Crippen molar-refractivity contribution in [1.29, 1.82) is 0 Å². The number of nitrogens with zero attached hydrogens (tertiary/aromatic N) is 2. The largest absolute Gasteiger partial charge is 0.340 e. The van der Waals surface area contributed by atoms with E-state index in [2.05, 4.69) is 5.32 Å². The first kappa shape index (κ1) is 20.2. The van der Waals surface area contributed by atoms with Crippen LogP contribution in [0.2, 0.25) is 0 Å². The normalized spacial score (nSPS) is 10.2. The highest BCUT2D eigenvalue weighted by Gasteiger charge is 2.16. The van der Waals surface area contributed by atoms with Gasteiger partial charge in [-0.15, -0.1) is 0 Å². The van der Waals surface area contributed by atoms with Crippen LogP contribution in [0.1, 0.15) is 21.5 Å². The fourth-order valence-corrected chi connectivity index (χ4v) is 3.01. The van der Waals surface area contributed by atoms with Gasteiger partial charge in [-0.3, -0.25) is 20.2 Å². The number of carbonyl (C=O) groups is 1. The summed E-state index contributed by atoms with van der Waals surface area (Å²) >= 11 is 5.50. The second-order valence-corrected chi connectivity index (χ2v) is 6.78. The highest BCUT2D eigenvalue weighted by molar-refractivity contribution is 7.80. The summed E-state index contributed by atoms with van der Waals surface area (Å²) in [6, 6.07) is 25.1. The minimum atomic E-state index is -0.506. The van der Waals surface area contributed by atoms with Crippen molar-refractivity contribution >= 4 is 28.9 Å². The van der Waals surface area contributed by atoms with E-state index in [1.54, 1.807) is 0 Å². The maximum atomic E-state index is 12.6. The lowest BCUT2D eigenvalue weighted by Gasteiger charge is -2.25. The standard InChI is InChI=1S/C22H19N3O3S/c26-21(19-11-13-20(14-12-19)25(27)28)23-22(29)24(15-17-7-3-1-4-8-17)16-18-9-5-2-6-10-18/h1-14H,15-16H2,(H,23,26,29). The number of amides is 1. The third kappa shape index (κ3) is 5.70. The van der Waals surface area contributed by atoms with Crippen molar-refractivity contribution in [3.63, 3.8) is 0 Å². The Hall–Kier alpha value is -3.58. The van der Waals surface area contributed by atoms with Gasteiger partial charge < -0.3 is 4.90 Å². The van der Waals surface area contributed by atoms with E-state index in [1.165, 1.54) is 24.3 Å².